The first-order chi connectivity index (χ1) is 13.1. The van der Waals surface area contributed by atoms with Crippen LogP contribution in [-0.2, 0) is 4.79 Å². The van der Waals surface area contributed by atoms with Crippen molar-refractivity contribution in [1.29, 1.82) is 0 Å². The Morgan fingerprint density at radius 1 is 1.19 bits per heavy atom. The molecule has 0 spiro atoms. The van der Waals surface area contributed by atoms with Gasteiger partial charge < -0.3 is 20.4 Å². The Hall–Kier alpha value is -2.54. The molecule has 7 nitrogen and oxygen atoms in total. The summed E-state index contributed by atoms with van der Waals surface area (Å²) in [5.74, 6) is 1.50. The Labute approximate surface area is 163 Å². The molecule has 2 aromatic rings. The van der Waals surface area contributed by atoms with Crippen LogP contribution >= 0.6 is 11.6 Å². The second-order valence-electron chi connectivity index (χ2n) is 6.97. The highest BCUT2D eigenvalue weighted by Gasteiger charge is 2.22. The lowest BCUT2D eigenvalue weighted by Crippen LogP contribution is -2.48. The number of nitrogens with zero attached hydrogens (tertiary/aromatic N) is 4. The van der Waals surface area contributed by atoms with Crippen LogP contribution in [-0.4, -0.2) is 53.0 Å². The zero-order chi connectivity index (χ0) is 18.8. The molecule has 8 heteroatoms. The van der Waals surface area contributed by atoms with Gasteiger partial charge in [0.25, 0.3) is 0 Å². The fourth-order valence-electron chi connectivity index (χ4n) is 3.17. The van der Waals surface area contributed by atoms with E-state index in [0.29, 0.717) is 17.0 Å². The third-order valence-electron chi connectivity index (χ3n) is 4.85. The van der Waals surface area contributed by atoms with Gasteiger partial charge in [-0.3, -0.25) is 4.79 Å². The Morgan fingerprint density at radius 2 is 1.96 bits per heavy atom. The lowest BCUT2D eigenvalue weighted by molar-refractivity contribution is -0.129. The van der Waals surface area contributed by atoms with Crippen LogP contribution in [0.4, 0.5) is 23.1 Å². The number of carbonyl (C=O) groups excluding carboxylic acids is 1. The summed E-state index contributed by atoms with van der Waals surface area (Å²) >= 11 is 6.52. The highest BCUT2D eigenvalue weighted by molar-refractivity contribution is 6.33. The molecule has 1 aromatic carbocycles. The molecule has 2 N–H and O–H groups in total. The number of hydrogen-bond acceptors (Lipinski definition) is 6. The number of nitrogens with one attached hydrogen (secondary N) is 2. The van der Waals surface area contributed by atoms with Gasteiger partial charge in [-0.05, 0) is 37.1 Å². The van der Waals surface area contributed by atoms with Crippen molar-refractivity contribution in [2.24, 2.45) is 0 Å². The summed E-state index contributed by atoms with van der Waals surface area (Å²) in [6.45, 7) is 4.62. The Balaban J connectivity index is 1.42. The van der Waals surface area contributed by atoms with Gasteiger partial charge in [-0.25, -0.2) is 4.98 Å². The third kappa shape index (κ3) is 4.42. The number of hydrogen-bond donors (Lipinski definition) is 2. The smallest absolute Gasteiger partial charge is 0.229 e. The number of aromatic nitrogens is 2. The van der Waals surface area contributed by atoms with Gasteiger partial charge >= 0.3 is 0 Å². The van der Waals surface area contributed by atoms with E-state index in [9.17, 15) is 4.79 Å². The zero-order valence-electron chi connectivity index (χ0n) is 15.3. The molecule has 142 valence electrons. The van der Waals surface area contributed by atoms with E-state index in [1.54, 1.807) is 13.1 Å². The molecule has 1 aliphatic heterocycles. The number of amides is 1. The van der Waals surface area contributed by atoms with Crippen molar-refractivity contribution >= 4 is 40.6 Å². The van der Waals surface area contributed by atoms with Gasteiger partial charge in [0.2, 0.25) is 11.9 Å². The number of halogens is 1. The van der Waals surface area contributed by atoms with E-state index in [1.165, 1.54) is 12.8 Å². The van der Waals surface area contributed by atoms with Gasteiger partial charge in [-0.1, -0.05) is 11.6 Å². The minimum atomic E-state index is 0.124. The fraction of sp³-hybridized carbons (Fsp3) is 0.421. The molecule has 1 amide bonds. The highest BCUT2D eigenvalue weighted by Crippen LogP contribution is 2.31. The maximum absolute atomic E-state index is 11.5. The molecule has 0 unspecified atom stereocenters. The average molecular weight is 387 g/mol. The van der Waals surface area contributed by atoms with E-state index in [-0.39, 0.29) is 5.91 Å². The second kappa shape index (κ2) is 7.60. The molecule has 2 aliphatic rings. The number of anilines is 4. The molecule has 1 aliphatic carbocycles. The van der Waals surface area contributed by atoms with E-state index in [2.05, 4.69) is 25.5 Å². The molecule has 2 heterocycles. The van der Waals surface area contributed by atoms with Crippen LogP contribution in [0.15, 0.2) is 30.5 Å². The third-order valence-corrected chi connectivity index (χ3v) is 5.16. The standard InChI is InChI=1S/C19H23ClN6O/c1-13(27)25-8-10-26(11-9-25)17-5-4-15(12-16(17)20)23-19-21-7-6-18(24-19)22-14-2-3-14/h4-7,12,14H,2-3,8-11H2,1H3,(H2,21,22,23,24). The molecular weight excluding hydrogens is 364 g/mol. The summed E-state index contributed by atoms with van der Waals surface area (Å²) in [5.41, 5.74) is 1.82. The van der Waals surface area contributed by atoms with Crippen molar-refractivity contribution in [3.63, 3.8) is 0 Å². The summed E-state index contributed by atoms with van der Waals surface area (Å²) < 4.78 is 0. The Kier molecular flexibility index (Phi) is 5.03. The molecule has 27 heavy (non-hydrogen) atoms. The summed E-state index contributed by atoms with van der Waals surface area (Å²) in [6.07, 6.45) is 4.14. The van der Waals surface area contributed by atoms with Crippen LogP contribution in [0.5, 0.6) is 0 Å². The van der Waals surface area contributed by atoms with Crippen molar-refractivity contribution in [3.8, 4) is 0 Å². The summed E-state index contributed by atoms with van der Waals surface area (Å²) in [6, 6.07) is 8.28. The molecule has 1 saturated heterocycles. The maximum atomic E-state index is 11.5. The van der Waals surface area contributed by atoms with Crippen molar-refractivity contribution in [3.05, 3.63) is 35.5 Å². The predicted molar refractivity (Wildman–Crippen MR) is 108 cm³/mol. The van der Waals surface area contributed by atoms with Gasteiger partial charge in [0, 0.05) is 51.0 Å². The van der Waals surface area contributed by atoms with Crippen LogP contribution in [0.2, 0.25) is 5.02 Å². The second-order valence-corrected chi connectivity index (χ2v) is 7.38. The van der Waals surface area contributed by atoms with E-state index < -0.39 is 0 Å². The van der Waals surface area contributed by atoms with Gasteiger partial charge in [0.15, 0.2) is 0 Å². The van der Waals surface area contributed by atoms with Gasteiger partial charge in [0.1, 0.15) is 5.82 Å². The normalized spacial score (nSPS) is 17.0. The average Bonchev–Trinajstić information content (AvgIpc) is 3.46. The van der Waals surface area contributed by atoms with Gasteiger partial charge in [0.05, 0.1) is 10.7 Å². The van der Waals surface area contributed by atoms with Crippen LogP contribution in [0.3, 0.4) is 0 Å². The van der Waals surface area contributed by atoms with Crippen molar-refractivity contribution < 1.29 is 4.79 Å². The van der Waals surface area contributed by atoms with Crippen LogP contribution in [0.25, 0.3) is 0 Å². The van der Waals surface area contributed by atoms with Crippen LogP contribution in [0.1, 0.15) is 19.8 Å². The minimum absolute atomic E-state index is 0.124. The molecule has 0 radical (unpaired) electrons. The zero-order valence-corrected chi connectivity index (χ0v) is 16.0. The molecular formula is C19H23ClN6O. The minimum Gasteiger partial charge on any atom is -0.367 e. The molecule has 1 saturated carbocycles. The fourth-order valence-corrected chi connectivity index (χ4v) is 3.47. The molecule has 2 fully saturated rings. The van der Waals surface area contributed by atoms with E-state index in [4.69, 9.17) is 11.6 Å². The lowest BCUT2D eigenvalue weighted by Gasteiger charge is -2.36. The Morgan fingerprint density at radius 3 is 2.63 bits per heavy atom. The van der Waals surface area contributed by atoms with Gasteiger partial charge in [-0.2, -0.15) is 4.98 Å². The maximum Gasteiger partial charge on any atom is 0.229 e. The van der Waals surface area contributed by atoms with E-state index >= 15 is 0 Å². The monoisotopic (exact) mass is 386 g/mol. The number of benzene rings is 1. The number of rotatable bonds is 5. The summed E-state index contributed by atoms with van der Waals surface area (Å²) in [4.78, 5) is 24.3. The number of piperazine rings is 1. The van der Waals surface area contributed by atoms with Gasteiger partial charge in [-0.15, -0.1) is 0 Å². The largest absolute Gasteiger partial charge is 0.367 e. The first kappa shape index (κ1) is 17.9. The SMILES string of the molecule is CC(=O)N1CCN(c2ccc(Nc3nccc(NC4CC4)n3)cc2Cl)CC1. The molecule has 4 rings (SSSR count). The molecule has 0 atom stereocenters. The predicted octanol–water partition coefficient (Wildman–Crippen LogP) is 3.12. The lowest BCUT2D eigenvalue weighted by atomic mass is 10.2. The van der Waals surface area contributed by atoms with Crippen molar-refractivity contribution in [2.45, 2.75) is 25.8 Å². The summed E-state index contributed by atoms with van der Waals surface area (Å²) in [7, 11) is 0. The van der Waals surface area contributed by atoms with Crippen molar-refractivity contribution in [2.75, 3.05) is 41.7 Å². The summed E-state index contributed by atoms with van der Waals surface area (Å²) in [5, 5.41) is 7.25. The van der Waals surface area contributed by atoms with E-state index in [0.717, 1.165) is 43.4 Å². The molecule has 0 bridgehead atoms. The Bertz CT molecular complexity index is 833. The van der Waals surface area contributed by atoms with E-state index in [1.807, 2.05) is 29.2 Å². The quantitative estimate of drug-likeness (QED) is 0.822. The topological polar surface area (TPSA) is 73.4 Å². The van der Waals surface area contributed by atoms with Crippen LogP contribution < -0.4 is 15.5 Å². The first-order valence-corrected chi connectivity index (χ1v) is 9.63. The van der Waals surface area contributed by atoms with Crippen molar-refractivity contribution in [1.82, 2.24) is 14.9 Å². The van der Waals surface area contributed by atoms with Crippen LogP contribution in [0, 0.1) is 0 Å². The first-order valence-electron chi connectivity index (χ1n) is 9.25. The highest BCUT2D eigenvalue weighted by atomic mass is 35.5. The number of carbonyl (C=O) groups is 1. The molecule has 1 aromatic heterocycles.